The minimum Gasteiger partial charge on any atom is -0.497 e. The molecule has 1 rings (SSSR count). The first-order chi connectivity index (χ1) is 7.17. The average molecular weight is 208 g/mol. The van der Waals surface area contributed by atoms with E-state index in [-0.39, 0.29) is 12.2 Å². The van der Waals surface area contributed by atoms with Crippen LogP contribution < -0.4 is 4.74 Å². The van der Waals surface area contributed by atoms with Gasteiger partial charge in [-0.2, -0.15) is 0 Å². The van der Waals surface area contributed by atoms with Gasteiger partial charge in [0.15, 0.2) is 5.78 Å². The average Bonchev–Trinajstić information content (AvgIpc) is 2.28. The Labute approximate surface area is 89.7 Å². The van der Waals surface area contributed by atoms with Crippen LogP contribution >= 0.6 is 0 Å². The van der Waals surface area contributed by atoms with E-state index in [4.69, 9.17) is 4.74 Å². The Morgan fingerprint density at radius 1 is 1.53 bits per heavy atom. The van der Waals surface area contributed by atoms with Crippen LogP contribution in [0.3, 0.4) is 0 Å². The van der Waals surface area contributed by atoms with E-state index in [1.807, 2.05) is 18.2 Å². The van der Waals surface area contributed by atoms with Gasteiger partial charge in [-0.25, -0.2) is 0 Å². The minimum atomic E-state index is -0.851. The van der Waals surface area contributed by atoms with Crippen LogP contribution in [0.4, 0.5) is 0 Å². The standard InChI is InChI=1S/C12H16O3/c1-3-11(13)12(14)8-9-5-4-6-10(7-9)15-2/h4-7,11,13H,3,8H2,1-2H3. The largest absolute Gasteiger partial charge is 0.497 e. The van der Waals surface area contributed by atoms with Crippen LogP contribution in [-0.4, -0.2) is 24.1 Å². The van der Waals surface area contributed by atoms with Gasteiger partial charge in [0.25, 0.3) is 0 Å². The first kappa shape index (κ1) is 11.7. The summed E-state index contributed by atoms with van der Waals surface area (Å²) in [7, 11) is 1.59. The highest BCUT2D eigenvalue weighted by Gasteiger charge is 2.12. The maximum absolute atomic E-state index is 11.5. The number of carbonyl (C=O) groups is 1. The molecular weight excluding hydrogens is 192 g/mol. The third kappa shape index (κ3) is 3.36. The summed E-state index contributed by atoms with van der Waals surface area (Å²) in [6.07, 6.45) is -0.133. The number of hydrogen-bond acceptors (Lipinski definition) is 3. The third-order valence-corrected chi connectivity index (χ3v) is 2.27. The number of Topliss-reactive ketones (excluding diaryl/α,β-unsaturated/α-hetero) is 1. The minimum absolute atomic E-state index is 0.147. The molecule has 3 nitrogen and oxygen atoms in total. The molecule has 3 heteroatoms. The summed E-state index contributed by atoms with van der Waals surface area (Å²) < 4.78 is 5.05. The first-order valence-corrected chi connectivity index (χ1v) is 5.01. The van der Waals surface area contributed by atoms with Crippen LogP contribution in [0.2, 0.25) is 0 Å². The van der Waals surface area contributed by atoms with Gasteiger partial charge in [-0.05, 0) is 24.1 Å². The van der Waals surface area contributed by atoms with Crippen molar-refractivity contribution in [1.29, 1.82) is 0 Å². The Balaban J connectivity index is 2.68. The number of benzene rings is 1. The Morgan fingerprint density at radius 2 is 2.27 bits per heavy atom. The van der Waals surface area contributed by atoms with Gasteiger partial charge in [0, 0.05) is 6.42 Å². The van der Waals surface area contributed by atoms with Crippen LogP contribution in [-0.2, 0) is 11.2 Å². The fraction of sp³-hybridized carbons (Fsp3) is 0.417. The molecule has 0 heterocycles. The molecule has 1 atom stereocenters. The van der Waals surface area contributed by atoms with E-state index >= 15 is 0 Å². The molecule has 0 saturated carbocycles. The van der Waals surface area contributed by atoms with Crippen LogP contribution in [0, 0.1) is 0 Å². The molecule has 1 aromatic carbocycles. The summed E-state index contributed by atoms with van der Waals surface area (Å²) in [5.74, 6) is 0.581. The van der Waals surface area contributed by atoms with Crippen molar-refractivity contribution in [2.24, 2.45) is 0 Å². The summed E-state index contributed by atoms with van der Waals surface area (Å²) in [5.41, 5.74) is 0.867. The van der Waals surface area contributed by atoms with E-state index < -0.39 is 6.10 Å². The van der Waals surface area contributed by atoms with Crippen LogP contribution in [0.15, 0.2) is 24.3 Å². The zero-order valence-electron chi connectivity index (χ0n) is 9.06. The van der Waals surface area contributed by atoms with Gasteiger partial charge in [-0.15, -0.1) is 0 Å². The molecule has 0 spiro atoms. The summed E-state index contributed by atoms with van der Waals surface area (Å²) in [6.45, 7) is 1.79. The van der Waals surface area contributed by atoms with E-state index in [1.165, 1.54) is 0 Å². The summed E-state index contributed by atoms with van der Waals surface area (Å²) >= 11 is 0. The Hall–Kier alpha value is -1.35. The van der Waals surface area contributed by atoms with Crippen molar-refractivity contribution in [1.82, 2.24) is 0 Å². The van der Waals surface area contributed by atoms with Crippen LogP contribution in [0.5, 0.6) is 5.75 Å². The van der Waals surface area contributed by atoms with Crippen molar-refractivity contribution in [3.05, 3.63) is 29.8 Å². The number of ketones is 1. The number of methoxy groups -OCH3 is 1. The molecule has 0 aliphatic rings. The maximum Gasteiger partial charge on any atom is 0.165 e. The predicted octanol–water partition coefficient (Wildman–Crippen LogP) is 1.58. The Morgan fingerprint density at radius 3 is 2.87 bits per heavy atom. The number of aliphatic hydroxyl groups excluding tert-OH is 1. The summed E-state index contributed by atoms with van der Waals surface area (Å²) in [4.78, 5) is 11.5. The molecule has 0 amide bonds. The predicted molar refractivity (Wildman–Crippen MR) is 58.0 cm³/mol. The topological polar surface area (TPSA) is 46.5 Å². The molecule has 0 radical (unpaired) electrons. The maximum atomic E-state index is 11.5. The molecule has 1 N–H and O–H groups in total. The first-order valence-electron chi connectivity index (χ1n) is 5.01. The molecule has 0 aromatic heterocycles. The zero-order chi connectivity index (χ0) is 11.3. The molecule has 1 aromatic rings. The number of ether oxygens (including phenoxy) is 1. The van der Waals surface area contributed by atoms with E-state index in [2.05, 4.69) is 0 Å². The molecule has 1 unspecified atom stereocenters. The second-order valence-corrected chi connectivity index (χ2v) is 3.42. The van der Waals surface area contributed by atoms with Gasteiger partial charge in [0.1, 0.15) is 11.9 Å². The zero-order valence-corrected chi connectivity index (χ0v) is 9.06. The molecule has 0 fully saturated rings. The molecule has 0 bridgehead atoms. The normalized spacial score (nSPS) is 12.2. The third-order valence-electron chi connectivity index (χ3n) is 2.27. The number of carbonyl (C=O) groups excluding carboxylic acids is 1. The van der Waals surface area contributed by atoms with Crippen molar-refractivity contribution in [2.75, 3.05) is 7.11 Å². The van der Waals surface area contributed by atoms with Gasteiger partial charge in [0.2, 0.25) is 0 Å². The van der Waals surface area contributed by atoms with Crippen molar-refractivity contribution >= 4 is 5.78 Å². The second kappa shape index (κ2) is 5.51. The van der Waals surface area contributed by atoms with Gasteiger partial charge < -0.3 is 9.84 Å². The number of hydrogen-bond donors (Lipinski definition) is 1. The molecule has 82 valence electrons. The molecule has 0 saturated heterocycles. The van der Waals surface area contributed by atoms with E-state index in [0.29, 0.717) is 6.42 Å². The van der Waals surface area contributed by atoms with Gasteiger partial charge in [0.05, 0.1) is 7.11 Å². The monoisotopic (exact) mass is 208 g/mol. The fourth-order valence-corrected chi connectivity index (χ4v) is 1.33. The lowest BCUT2D eigenvalue weighted by atomic mass is 10.0. The lowest BCUT2D eigenvalue weighted by Gasteiger charge is -2.07. The van der Waals surface area contributed by atoms with Crippen molar-refractivity contribution < 1.29 is 14.6 Å². The number of aliphatic hydroxyl groups is 1. The molecule has 15 heavy (non-hydrogen) atoms. The highest BCUT2D eigenvalue weighted by atomic mass is 16.5. The molecule has 0 aliphatic heterocycles. The van der Waals surface area contributed by atoms with Crippen molar-refractivity contribution in [3.63, 3.8) is 0 Å². The molecule has 0 aliphatic carbocycles. The quantitative estimate of drug-likeness (QED) is 0.799. The van der Waals surface area contributed by atoms with Crippen molar-refractivity contribution in [2.45, 2.75) is 25.9 Å². The molecular formula is C12H16O3. The smallest absolute Gasteiger partial charge is 0.165 e. The van der Waals surface area contributed by atoms with Crippen molar-refractivity contribution in [3.8, 4) is 5.75 Å². The summed E-state index contributed by atoms with van der Waals surface area (Å²) in [5, 5.41) is 9.33. The SMILES string of the molecule is CCC(O)C(=O)Cc1cccc(OC)c1. The highest BCUT2D eigenvalue weighted by molar-refractivity contribution is 5.84. The van der Waals surface area contributed by atoms with E-state index in [1.54, 1.807) is 20.1 Å². The van der Waals surface area contributed by atoms with Gasteiger partial charge in [-0.1, -0.05) is 19.1 Å². The number of rotatable bonds is 5. The lowest BCUT2D eigenvalue weighted by Crippen LogP contribution is -2.21. The Kier molecular flexibility index (Phi) is 4.31. The van der Waals surface area contributed by atoms with E-state index in [9.17, 15) is 9.90 Å². The second-order valence-electron chi connectivity index (χ2n) is 3.42. The Bertz CT molecular complexity index is 333. The summed E-state index contributed by atoms with van der Waals surface area (Å²) in [6, 6.07) is 7.31. The lowest BCUT2D eigenvalue weighted by molar-refractivity contribution is -0.126. The van der Waals surface area contributed by atoms with Gasteiger partial charge in [-0.3, -0.25) is 4.79 Å². The van der Waals surface area contributed by atoms with Gasteiger partial charge >= 0.3 is 0 Å². The van der Waals surface area contributed by atoms with Crippen LogP contribution in [0.25, 0.3) is 0 Å². The van der Waals surface area contributed by atoms with E-state index in [0.717, 1.165) is 11.3 Å². The van der Waals surface area contributed by atoms with Crippen LogP contribution in [0.1, 0.15) is 18.9 Å². The fourth-order valence-electron chi connectivity index (χ4n) is 1.33. The highest BCUT2D eigenvalue weighted by Crippen LogP contribution is 2.13.